The average Bonchev–Trinajstić information content (AvgIpc) is 3.01. The van der Waals surface area contributed by atoms with E-state index in [2.05, 4.69) is 20.0 Å². The van der Waals surface area contributed by atoms with Crippen LogP contribution in [0, 0.1) is 13.8 Å². The number of likely N-dealkylation sites (tertiary alicyclic amines) is 1. The van der Waals surface area contributed by atoms with Gasteiger partial charge in [0.2, 0.25) is 5.91 Å². The fraction of sp³-hybridized carbons (Fsp3) is 0.636. The van der Waals surface area contributed by atoms with E-state index in [0.717, 1.165) is 69.9 Å². The Balaban J connectivity index is 1.35. The highest BCUT2D eigenvalue weighted by Crippen LogP contribution is 2.18. The van der Waals surface area contributed by atoms with Crippen LogP contribution in [-0.4, -0.2) is 92.5 Å². The van der Waals surface area contributed by atoms with Crippen molar-refractivity contribution in [1.82, 2.24) is 34.3 Å². The highest BCUT2D eigenvalue weighted by Gasteiger charge is 2.32. The second kappa shape index (κ2) is 9.32. The molecule has 0 spiro atoms. The number of amides is 1. The number of nitrogens with zero attached hydrogens (tertiary/aromatic N) is 7. The van der Waals surface area contributed by atoms with Crippen LogP contribution in [0.4, 0.5) is 0 Å². The Morgan fingerprint density at radius 2 is 1.74 bits per heavy atom. The van der Waals surface area contributed by atoms with Gasteiger partial charge >= 0.3 is 0 Å². The van der Waals surface area contributed by atoms with Crippen molar-refractivity contribution in [3.05, 3.63) is 39.9 Å². The molecule has 2 aromatic rings. The van der Waals surface area contributed by atoms with Crippen LogP contribution in [0.3, 0.4) is 0 Å². The third-order valence-electron chi connectivity index (χ3n) is 6.44. The molecule has 0 aliphatic carbocycles. The molecule has 1 amide bonds. The summed E-state index contributed by atoms with van der Waals surface area (Å²) in [6.07, 6.45) is 3.17. The van der Waals surface area contributed by atoms with Crippen LogP contribution >= 0.6 is 0 Å². The number of piperazine rings is 1. The van der Waals surface area contributed by atoms with Gasteiger partial charge in [0, 0.05) is 58.1 Å². The van der Waals surface area contributed by atoms with E-state index in [1.54, 1.807) is 16.8 Å². The van der Waals surface area contributed by atoms with Gasteiger partial charge in [-0.1, -0.05) is 0 Å². The normalized spacial score (nSPS) is 21.5. The molecule has 2 aliphatic rings. The van der Waals surface area contributed by atoms with E-state index in [9.17, 15) is 9.59 Å². The topological polar surface area (TPSA) is 79.5 Å². The molecule has 0 radical (unpaired) electrons. The third kappa shape index (κ3) is 4.88. The Bertz CT molecular complexity index is 974. The Morgan fingerprint density at radius 1 is 0.968 bits per heavy atom. The molecule has 9 heteroatoms. The molecule has 2 aliphatic heterocycles. The molecule has 9 nitrogen and oxygen atoms in total. The molecular weight excluding hydrogens is 394 g/mol. The second-order valence-electron chi connectivity index (χ2n) is 8.74. The van der Waals surface area contributed by atoms with Crippen LogP contribution < -0.4 is 5.56 Å². The van der Waals surface area contributed by atoms with Gasteiger partial charge < -0.3 is 4.90 Å². The zero-order chi connectivity index (χ0) is 22.0. The first kappa shape index (κ1) is 21.7. The first-order chi connectivity index (χ1) is 14.9. The number of carbonyl (C=O) groups is 1. The molecule has 4 rings (SSSR count). The molecule has 0 aromatic carbocycles. The van der Waals surface area contributed by atoms with Crippen molar-refractivity contribution in [2.45, 2.75) is 45.7 Å². The Hall–Kier alpha value is -2.52. The second-order valence-corrected chi connectivity index (χ2v) is 8.74. The zero-order valence-electron chi connectivity index (χ0n) is 18.8. The van der Waals surface area contributed by atoms with Crippen molar-refractivity contribution in [1.29, 1.82) is 0 Å². The van der Waals surface area contributed by atoms with Crippen LogP contribution in [0.1, 0.15) is 30.7 Å². The summed E-state index contributed by atoms with van der Waals surface area (Å²) in [5.74, 6) is 0.925. The maximum Gasteiger partial charge on any atom is 0.266 e. The van der Waals surface area contributed by atoms with E-state index >= 15 is 0 Å². The fourth-order valence-electron chi connectivity index (χ4n) is 4.62. The van der Waals surface area contributed by atoms with Gasteiger partial charge in [-0.05, 0) is 45.2 Å². The van der Waals surface area contributed by atoms with E-state index in [1.165, 1.54) is 4.68 Å². The van der Waals surface area contributed by atoms with Crippen LogP contribution in [0.5, 0.6) is 0 Å². The quantitative estimate of drug-likeness (QED) is 0.698. The molecule has 1 atom stereocenters. The first-order valence-electron chi connectivity index (χ1n) is 11.3. The maximum atomic E-state index is 12.7. The molecule has 2 fully saturated rings. The summed E-state index contributed by atoms with van der Waals surface area (Å²) in [6.45, 7) is 9.67. The van der Waals surface area contributed by atoms with Crippen molar-refractivity contribution >= 4 is 5.91 Å². The molecule has 31 heavy (non-hydrogen) atoms. The summed E-state index contributed by atoms with van der Waals surface area (Å²) in [6, 6.07) is 5.30. The number of aromatic nitrogens is 4. The summed E-state index contributed by atoms with van der Waals surface area (Å²) in [5.41, 5.74) is 1.81. The molecule has 4 heterocycles. The standard InChI is InChI=1S/C22H33N7O2/c1-17-16-18(2)29(23-17)20-7-8-21(30)28(24-20)15-12-26-10-13-27(14-11-26)19-6-4-5-9-25(3)22(19)31/h7-8,16,19H,4-6,9-15H2,1-3H3. The molecule has 0 bridgehead atoms. The van der Waals surface area contributed by atoms with E-state index in [0.29, 0.717) is 12.4 Å². The van der Waals surface area contributed by atoms with Gasteiger partial charge in [0.25, 0.3) is 5.56 Å². The summed E-state index contributed by atoms with van der Waals surface area (Å²) < 4.78 is 3.30. The summed E-state index contributed by atoms with van der Waals surface area (Å²) in [5, 5.41) is 9.00. The number of hydrogen-bond acceptors (Lipinski definition) is 6. The molecular formula is C22H33N7O2. The van der Waals surface area contributed by atoms with Gasteiger partial charge in [-0.25, -0.2) is 9.36 Å². The van der Waals surface area contributed by atoms with Crippen molar-refractivity contribution in [2.24, 2.45) is 0 Å². The number of likely N-dealkylation sites (N-methyl/N-ethyl adjacent to an activating group) is 1. The Labute approximate surface area is 183 Å². The summed E-state index contributed by atoms with van der Waals surface area (Å²) in [7, 11) is 1.92. The summed E-state index contributed by atoms with van der Waals surface area (Å²) >= 11 is 0. The van der Waals surface area contributed by atoms with Gasteiger partial charge in [-0.15, -0.1) is 5.10 Å². The van der Waals surface area contributed by atoms with E-state index in [-0.39, 0.29) is 17.5 Å². The van der Waals surface area contributed by atoms with Crippen LogP contribution in [0.2, 0.25) is 0 Å². The van der Waals surface area contributed by atoms with Gasteiger partial charge in [-0.2, -0.15) is 5.10 Å². The van der Waals surface area contributed by atoms with Gasteiger partial charge in [-0.3, -0.25) is 19.4 Å². The number of rotatable bonds is 5. The van der Waals surface area contributed by atoms with E-state index in [1.807, 2.05) is 31.9 Å². The number of aryl methyl sites for hydroxylation is 2. The Kier molecular flexibility index (Phi) is 6.52. The minimum Gasteiger partial charge on any atom is -0.344 e. The average molecular weight is 428 g/mol. The van der Waals surface area contributed by atoms with Gasteiger partial charge in [0.05, 0.1) is 18.3 Å². The van der Waals surface area contributed by atoms with Gasteiger partial charge in [0.15, 0.2) is 5.82 Å². The summed E-state index contributed by atoms with van der Waals surface area (Å²) in [4.78, 5) is 31.6. The lowest BCUT2D eigenvalue weighted by atomic mass is 10.1. The lowest BCUT2D eigenvalue weighted by Gasteiger charge is -2.39. The van der Waals surface area contributed by atoms with Crippen molar-refractivity contribution < 1.29 is 4.79 Å². The van der Waals surface area contributed by atoms with Crippen LogP contribution in [0.25, 0.3) is 5.82 Å². The highest BCUT2D eigenvalue weighted by molar-refractivity contribution is 5.81. The molecule has 1 unspecified atom stereocenters. The SMILES string of the molecule is Cc1cc(C)n(-c2ccc(=O)n(CCN3CCN(C4CCCCN(C)C4=O)CC3)n2)n1. The number of hydrogen-bond donors (Lipinski definition) is 0. The third-order valence-corrected chi connectivity index (χ3v) is 6.44. The number of carbonyl (C=O) groups excluding carboxylic acids is 1. The van der Waals surface area contributed by atoms with E-state index < -0.39 is 0 Å². The molecule has 0 saturated carbocycles. The minimum atomic E-state index is -0.101. The van der Waals surface area contributed by atoms with Crippen molar-refractivity contribution in [3.63, 3.8) is 0 Å². The first-order valence-corrected chi connectivity index (χ1v) is 11.3. The fourth-order valence-corrected chi connectivity index (χ4v) is 4.62. The Morgan fingerprint density at radius 3 is 2.45 bits per heavy atom. The predicted molar refractivity (Wildman–Crippen MR) is 118 cm³/mol. The molecule has 2 saturated heterocycles. The lowest BCUT2D eigenvalue weighted by Crippen LogP contribution is -2.55. The monoisotopic (exact) mass is 427 g/mol. The predicted octanol–water partition coefficient (Wildman–Crippen LogP) is 0.674. The molecule has 0 N–H and O–H groups in total. The van der Waals surface area contributed by atoms with Crippen molar-refractivity contribution in [3.8, 4) is 5.82 Å². The molecule has 168 valence electrons. The lowest BCUT2D eigenvalue weighted by molar-refractivity contribution is -0.135. The maximum absolute atomic E-state index is 12.7. The largest absolute Gasteiger partial charge is 0.344 e. The minimum absolute atomic E-state index is 0.0244. The van der Waals surface area contributed by atoms with Crippen LogP contribution in [0.15, 0.2) is 23.0 Å². The van der Waals surface area contributed by atoms with Crippen molar-refractivity contribution in [2.75, 3.05) is 46.3 Å². The zero-order valence-corrected chi connectivity index (χ0v) is 18.8. The van der Waals surface area contributed by atoms with E-state index in [4.69, 9.17) is 0 Å². The van der Waals surface area contributed by atoms with Crippen LogP contribution in [-0.2, 0) is 11.3 Å². The highest BCUT2D eigenvalue weighted by atomic mass is 16.2. The smallest absolute Gasteiger partial charge is 0.266 e. The van der Waals surface area contributed by atoms with Gasteiger partial charge in [0.1, 0.15) is 0 Å². The molecule has 2 aromatic heterocycles.